The lowest BCUT2D eigenvalue weighted by molar-refractivity contribution is 0.0601. The first-order valence-corrected chi connectivity index (χ1v) is 7.23. The number of pyridine rings is 1. The van der Waals surface area contributed by atoms with Gasteiger partial charge in [0.1, 0.15) is 0 Å². The number of aromatic nitrogens is 3. The van der Waals surface area contributed by atoms with Crippen molar-refractivity contribution in [1.29, 1.82) is 0 Å². The van der Waals surface area contributed by atoms with Crippen molar-refractivity contribution < 1.29 is 9.53 Å². The summed E-state index contributed by atoms with van der Waals surface area (Å²) in [7, 11) is 1.39. The first-order valence-electron chi connectivity index (χ1n) is 7.23. The fourth-order valence-electron chi connectivity index (χ4n) is 3.15. The van der Waals surface area contributed by atoms with Gasteiger partial charge in [0.25, 0.3) is 0 Å². The second kappa shape index (κ2) is 5.66. The zero-order valence-corrected chi connectivity index (χ0v) is 13.7. The summed E-state index contributed by atoms with van der Waals surface area (Å²) in [6.07, 6.45) is 2.72. The molecule has 3 aromatic rings. The molecule has 0 aliphatic carbocycles. The fourth-order valence-corrected chi connectivity index (χ4v) is 3.15. The Morgan fingerprint density at radius 2 is 2.13 bits per heavy atom. The second-order valence-electron chi connectivity index (χ2n) is 5.48. The molecule has 2 aromatic heterocycles. The normalized spacial score (nSPS) is 12.3. The third-order valence-corrected chi connectivity index (χ3v) is 4.33. The Labute approximate surface area is 139 Å². The molecular weight excluding hydrogens is 314 g/mol. The number of esters is 1. The highest BCUT2D eigenvalue weighted by atomic mass is 35.5. The monoisotopic (exact) mass is 329 g/mol. The number of ether oxygens (including phenoxy) is 1. The number of hydrogen-bond donors (Lipinski definition) is 0. The van der Waals surface area contributed by atoms with Crippen molar-refractivity contribution in [2.75, 3.05) is 7.11 Å². The molecule has 5 nitrogen and oxygen atoms in total. The van der Waals surface area contributed by atoms with Crippen LogP contribution in [0.15, 0.2) is 30.5 Å². The first-order chi connectivity index (χ1) is 10.7. The van der Waals surface area contributed by atoms with Gasteiger partial charge in [0.2, 0.25) is 0 Å². The van der Waals surface area contributed by atoms with Crippen LogP contribution < -0.4 is 0 Å². The summed E-state index contributed by atoms with van der Waals surface area (Å²) in [4.78, 5) is 16.5. The standard InChI is InChI=1S/C17H15N3O2.ClH/c1-10-12-6-8-20-15(5-7-18-20)16(12)19-14-4-3-11(9-13(10)14)17(21)22-2;/h3-5,7,9H,6,8H2,1-2H3;1H. The van der Waals surface area contributed by atoms with E-state index in [1.165, 1.54) is 18.2 Å². The zero-order valence-electron chi connectivity index (χ0n) is 12.9. The Bertz CT molecular complexity index is 918. The van der Waals surface area contributed by atoms with Gasteiger partial charge in [0.15, 0.2) is 0 Å². The fraction of sp³-hybridized carbons (Fsp3) is 0.235. The van der Waals surface area contributed by atoms with Crippen molar-refractivity contribution in [2.45, 2.75) is 19.9 Å². The van der Waals surface area contributed by atoms with Crippen molar-refractivity contribution in [3.63, 3.8) is 0 Å². The number of fused-ring (bicyclic) bond motifs is 4. The number of aryl methyl sites for hydroxylation is 2. The Kier molecular flexibility index (Phi) is 3.82. The van der Waals surface area contributed by atoms with Gasteiger partial charge < -0.3 is 4.74 Å². The molecule has 0 spiro atoms. The van der Waals surface area contributed by atoms with Gasteiger partial charge >= 0.3 is 5.97 Å². The van der Waals surface area contributed by atoms with Crippen LogP contribution in [0.2, 0.25) is 0 Å². The SMILES string of the molecule is COC(=O)c1ccc2nc3c(c(C)c2c1)CCn1nccc1-3.Cl. The minimum Gasteiger partial charge on any atom is -0.465 e. The molecule has 0 N–H and O–H groups in total. The van der Waals surface area contributed by atoms with Crippen LogP contribution in [-0.4, -0.2) is 27.8 Å². The Balaban J connectivity index is 0.00000156. The van der Waals surface area contributed by atoms with E-state index in [4.69, 9.17) is 9.72 Å². The van der Waals surface area contributed by atoms with Gasteiger partial charge in [-0.05, 0) is 48.7 Å². The van der Waals surface area contributed by atoms with Crippen molar-refractivity contribution in [1.82, 2.24) is 14.8 Å². The molecule has 0 fully saturated rings. The summed E-state index contributed by atoms with van der Waals surface area (Å²) in [6, 6.07) is 7.51. The van der Waals surface area contributed by atoms with Crippen LogP contribution in [0.5, 0.6) is 0 Å². The number of benzene rings is 1. The lowest BCUT2D eigenvalue weighted by Crippen LogP contribution is -2.14. The topological polar surface area (TPSA) is 57.0 Å². The summed E-state index contributed by atoms with van der Waals surface area (Å²) in [5, 5.41) is 5.34. The van der Waals surface area contributed by atoms with Crippen molar-refractivity contribution in [2.24, 2.45) is 0 Å². The highest BCUT2D eigenvalue weighted by Gasteiger charge is 2.21. The summed E-state index contributed by atoms with van der Waals surface area (Å²) in [6.45, 7) is 2.95. The van der Waals surface area contributed by atoms with E-state index in [0.717, 1.165) is 35.3 Å². The molecule has 0 atom stereocenters. The van der Waals surface area contributed by atoms with Gasteiger partial charge in [-0.25, -0.2) is 9.78 Å². The third kappa shape index (κ3) is 2.28. The summed E-state index contributed by atoms with van der Waals surface area (Å²) >= 11 is 0. The largest absolute Gasteiger partial charge is 0.465 e. The summed E-state index contributed by atoms with van der Waals surface area (Å²) in [5.41, 5.74) is 5.92. The molecule has 1 aliphatic rings. The maximum absolute atomic E-state index is 11.7. The molecule has 0 bridgehead atoms. The quantitative estimate of drug-likeness (QED) is 0.643. The van der Waals surface area contributed by atoms with Crippen molar-refractivity contribution in [3.8, 4) is 11.4 Å². The van der Waals surface area contributed by atoms with Gasteiger partial charge in [-0.1, -0.05) is 0 Å². The first kappa shape index (κ1) is 15.5. The van der Waals surface area contributed by atoms with E-state index in [1.807, 2.05) is 29.1 Å². The highest BCUT2D eigenvalue weighted by molar-refractivity contribution is 5.96. The molecule has 1 aliphatic heterocycles. The molecule has 0 saturated heterocycles. The zero-order chi connectivity index (χ0) is 15.3. The van der Waals surface area contributed by atoms with E-state index in [0.29, 0.717) is 5.56 Å². The van der Waals surface area contributed by atoms with E-state index in [2.05, 4.69) is 12.0 Å². The van der Waals surface area contributed by atoms with Crippen LogP contribution in [0.25, 0.3) is 22.3 Å². The van der Waals surface area contributed by atoms with Gasteiger partial charge in [0, 0.05) is 18.1 Å². The number of methoxy groups -OCH3 is 1. The minimum atomic E-state index is -0.322. The second-order valence-corrected chi connectivity index (χ2v) is 5.48. The van der Waals surface area contributed by atoms with Crippen LogP contribution in [0, 0.1) is 6.92 Å². The van der Waals surface area contributed by atoms with E-state index in [1.54, 1.807) is 6.07 Å². The molecule has 3 heterocycles. The number of rotatable bonds is 1. The Morgan fingerprint density at radius 1 is 1.30 bits per heavy atom. The molecule has 0 amide bonds. The highest BCUT2D eigenvalue weighted by Crippen LogP contribution is 2.33. The number of hydrogen-bond acceptors (Lipinski definition) is 4. The lowest BCUT2D eigenvalue weighted by Gasteiger charge is -2.20. The molecule has 1 aromatic carbocycles. The predicted octanol–water partition coefficient (Wildman–Crippen LogP) is 3.17. The smallest absolute Gasteiger partial charge is 0.337 e. The maximum atomic E-state index is 11.7. The molecule has 0 radical (unpaired) electrons. The average molecular weight is 330 g/mol. The number of nitrogens with zero attached hydrogens (tertiary/aromatic N) is 3. The minimum absolute atomic E-state index is 0. The van der Waals surface area contributed by atoms with Crippen LogP contribution in [0.3, 0.4) is 0 Å². The predicted molar refractivity (Wildman–Crippen MR) is 90.0 cm³/mol. The van der Waals surface area contributed by atoms with Crippen LogP contribution in [-0.2, 0) is 17.7 Å². The number of carbonyl (C=O) groups is 1. The Hall–Kier alpha value is -2.40. The molecular formula is C17H16ClN3O2. The maximum Gasteiger partial charge on any atom is 0.337 e. The van der Waals surface area contributed by atoms with E-state index in [9.17, 15) is 4.79 Å². The lowest BCUT2D eigenvalue weighted by atomic mass is 9.95. The summed E-state index contributed by atoms with van der Waals surface area (Å²) in [5.74, 6) is -0.322. The van der Waals surface area contributed by atoms with Crippen LogP contribution in [0.1, 0.15) is 21.5 Å². The van der Waals surface area contributed by atoms with Gasteiger partial charge in [0.05, 0.1) is 29.6 Å². The van der Waals surface area contributed by atoms with Crippen LogP contribution in [0.4, 0.5) is 0 Å². The van der Waals surface area contributed by atoms with E-state index >= 15 is 0 Å². The van der Waals surface area contributed by atoms with Crippen molar-refractivity contribution in [3.05, 3.63) is 47.2 Å². The molecule has 6 heteroatoms. The van der Waals surface area contributed by atoms with E-state index < -0.39 is 0 Å². The molecule has 0 saturated carbocycles. The van der Waals surface area contributed by atoms with E-state index in [-0.39, 0.29) is 18.4 Å². The average Bonchev–Trinajstić information content (AvgIpc) is 3.03. The third-order valence-electron chi connectivity index (χ3n) is 4.33. The number of halogens is 1. The van der Waals surface area contributed by atoms with Crippen molar-refractivity contribution >= 4 is 29.3 Å². The molecule has 23 heavy (non-hydrogen) atoms. The summed E-state index contributed by atoms with van der Waals surface area (Å²) < 4.78 is 6.79. The van der Waals surface area contributed by atoms with Gasteiger partial charge in [-0.2, -0.15) is 5.10 Å². The Morgan fingerprint density at radius 3 is 2.91 bits per heavy atom. The molecule has 118 valence electrons. The van der Waals surface area contributed by atoms with Gasteiger partial charge in [-0.3, -0.25) is 4.68 Å². The van der Waals surface area contributed by atoms with Crippen LogP contribution >= 0.6 is 12.4 Å². The number of carbonyl (C=O) groups excluding carboxylic acids is 1. The molecule has 4 rings (SSSR count). The van der Waals surface area contributed by atoms with Gasteiger partial charge in [-0.15, -0.1) is 12.4 Å². The molecule has 0 unspecified atom stereocenters.